The molecule has 7 heteroatoms. The number of nitrogens with one attached hydrogen (secondary N) is 1. The first-order valence-corrected chi connectivity index (χ1v) is 7.09. The Labute approximate surface area is 127 Å². The van der Waals surface area contributed by atoms with E-state index in [2.05, 4.69) is 15.5 Å². The Hall–Kier alpha value is -2.41. The number of methoxy groups -OCH3 is 1. The molecule has 1 fully saturated rings. The van der Waals surface area contributed by atoms with Gasteiger partial charge in [-0.25, -0.2) is 0 Å². The van der Waals surface area contributed by atoms with Crippen LogP contribution in [0.3, 0.4) is 0 Å². The Kier molecular flexibility index (Phi) is 4.34. The number of carbonyl (C=O) groups is 1. The molecule has 1 amide bonds. The maximum absolute atomic E-state index is 11.9. The fourth-order valence-corrected chi connectivity index (χ4v) is 2.23. The van der Waals surface area contributed by atoms with Gasteiger partial charge >= 0.3 is 0 Å². The van der Waals surface area contributed by atoms with Gasteiger partial charge in [0.2, 0.25) is 5.91 Å². The predicted octanol–water partition coefficient (Wildman–Crippen LogP) is 1.40. The second-order valence-electron chi connectivity index (χ2n) is 5.02. The summed E-state index contributed by atoms with van der Waals surface area (Å²) in [7, 11) is 1.61. The molecular formula is C15H17N3O4. The van der Waals surface area contributed by atoms with E-state index in [1.165, 1.54) is 0 Å². The zero-order valence-electron chi connectivity index (χ0n) is 12.2. The largest absolute Gasteiger partial charge is 0.497 e. The van der Waals surface area contributed by atoms with Gasteiger partial charge in [0.1, 0.15) is 5.75 Å². The van der Waals surface area contributed by atoms with E-state index in [0.717, 1.165) is 17.7 Å². The highest BCUT2D eigenvalue weighted by Gasteiger charge is 2.23. The van der Waals surface area contributed by atoms with Crippen molar-refractivity contribution in [2.75, 3.05) is 20.3 Å². The van der Waals surface area contributed by atoms with Gasteiger partial charge in [-0.05, 0) is 30.7 Å². The first-order chi connectivity index (χ1) is 10.8. The van der Waals surface area contributed by atoms with E-state index < -0.39 is 0 Å². The van der Waals surface area contributed by atoms with Crippen LogP contribution in [0.5, 0.6) is 5.75 Å². The molecule has 3 rings (SSSR count). The van der Waals surface area contributed by atoms with Crippen LogP contribution in [-0.4, -0.2) is 36.4 Å². The maximum Gasteiger partial charge on any atom is 0.257 e. The van der Waals surface area contributed by atoms with Gasteiger partial charge in [-0.2, -0.15) is 4.98 Å². The molecule has 0 aliphatic carbocycles. The van der Waals surface area contributed by atoms with Crippen LogP contribution < -0.4 is 10.1 Å². The first kappa shape index (κ1) is 14.5. The predicted molar refractivity (Wildman–Crippen MR) is 77.1 cm³/mol. The quantitative estimate of drug-likeness (QED) is 0.898. The summed E-state index contributed by atoms with van der Waals surface area (Å²) in [5.41, 5.74) is 0.801. The SMILES string of the molecule is COc1ccc(-c2nc(CNC(=O)[C@H]3CCOC3)no2)cc1. The van der Waals surface area contributed by atoms with Crippen LogP contribution in [0.1, 0.15) is 12.2 Å². The minimum atomic E-state index is -0.0760. The number of benzene rings is 1. The fraction of sp³-hybridized carbons (Fsp3) is 0.400. The van der Waals surface area contributed by atoms with E-state index in [1.807, 2.05) is 24.3 Å². The summed E-state index contributed by atoms with van der Waals surface area (Å²) in [4.78, 5) is 16.1. The molecule has 7 nitrogen and oxygen atoms in total. The zero-order valence-corrected chi connectivity index (χ0v) is 12.2. The minimum Gasteiger partial charge on any atom is -0.497 e. The number of amides is 1. The zero-order chi connectivity index (χ0) is 15.4. The van der Waals surface area contributed by atoms with Crippen molar-refractivity contribution in [1.29, 1.82) is 0 Å². The Morgan fingerprint density at radius 2 is 2.23 bits per heavy atom. The van der Waals surface area contributed by atoms with Crippen LogP contribution in [-0.2, 0) is 16.1 Å². The van der Waals surface area contributed by atoms with E-state index in [4.69, 9.17) is 14.0 Å². The summed E-state index contributed by atoms with van der Waals surface area (Å²) in [5, 5.41) is 6.67. The van der Waals surface area contributed by atoms with Crippen molar-refractivity contribution < 1.29 is 18.8 Å². The molecule has 1 N–H and O–H groups in total. The summed E-state index contributed by atoms with van der Waals surface area (Å²) < 4.78 is 15.5. The van der Waals surface area contributed by atoms with Crippen molar-refractivity contribution in [2.45, 2.75) is 13.0 Å². The summed E-state index contributed by atoms with van der Waals surface area (Å²) in [6, 6.07) is 7.32. The van der Waals surface area contributed by atoms with Gasteiger partial charge in [0.05, 0.1) is 26.2 Å². The molecule has 1 aromatic carbocycles. The number of nitrogens with zero attached hydrogens (tertiary/aromatic N) is 2. The third-order valence-corrected chi connectivity index (χ3v) is 3.53. The maximum atomic E-state index is 11.9. The van der Waals surface area contributed by atoms with E-state index in [-0.39, 0.29) is 18.4 Å². The highest BCUT2D eigenvalue weighted by Crippen LogP contribution is 2.20. The third-order valence-electron chi connectivity index (χ3n) is 3.53. The minimum absolute atomic E-state index is 0.0340. The van der Waals surface area contributed by atoms with Gasteiger partial charge in [0.25, 0.3) is 5.89 Å². The highest BCUT2D eigenvalue weighted by molar-refractivity contribution is 5.78. The second kappa shape index (κ2) is 6.57. The highest BCUT2D eigenvalue weighted by atomic mass is 16.5. The van der Waals surface area contributed by atoms with Crippen LogP contribution in [0.15, 0.2) is 28.8 Å². The number of ether oxygens (including phenoxy) is 2. The van der Waals surface area contributed by atoms with Crippen molar-refractivity contribution in [3.63, 3.8) is 0 Å². The lowest BCUT2D eigenvalue weighted by Crippen LogP contribution is -2.30. The summed E-state index contributed by atoms with van der Waals surface area (Å²) >= 11 is 0. The van der Waals surface area contributed by atoms with Crippen LogP contribution in [0.2, 0.25) is 0 Å². The lowest BCUT2D eigenvalue weighted by Gasteiger charge is -2.06. The Morgan fingerprint density at radius 1 is 1.41 bits per heavy atom. The molecule has 1 atom stereocenters. The normalized spacial score (nSPS) is 17.4. The molecule has 22 heavy (non-hydrogen) atoms. The lowest BCUT2D eigenvalue weighted by molar-refractivity contribution is -0.125. The molecule has 1 aliphatic rings. The van der Waals surface area contributed by atoms with Gasteiger partial charge in [-0.3, -0.25) is 4.79 Å². The Bertz CT molecular complexity index is 632. The molecule has 0 bridgehead atoms. The van der Waals surface area contributed by atoms with Crippen molar-refractivity contribution >= 4 is 5.91 Å². The van der Waals surface area contributed by atoms with E-state index in [0.29, 0.717) is 24.9 Å². The summed E-state index contributed by atoms with van der Waals surface area (Å²) in [6.45, 7) is 1.37. The van der Waals surface area contributed by atoms with Crippen LogP contribution in [0.4, 0.5) is 0 Å². The van der Waals surface area contributed by atoms with Crippen LogP contribution in [0, 0.1) is 5.92 Å². The fourth-order valence-electron chi connectivity index (χ4n) is 2.23. The van der Waals surface area contributed by atoms with E-state index >= 15 is 0 Å². The molecule has 0 spiro atoms. The van der Waals surface area contributed by atoms with E-state index in [9.17, 15) is 4.79 Å². The number of hydrogen-bond acceptors (Lipinski definition) is 6. The lowest BCUT2D eigenvalue weighted by atomic mass is 10.1. The Morgan fingerprint density at radius 3 is 2.91 bits per heavy atom. The molecule has 0 radical (unpaired) electrons. The van der Waals surface area contributed by atoms with Crippen LogP contribution in [0.25, 0.3) is 11.5 Å². The standard InChI is InChI=1S/C15H17N3O4/c1-20-12-4-2-10(3-5-12)15-17-13(18-22-15)8-16-14(19)11-6-7-21-9-11/h2-5,11H,6-9H2,1H3,(H,16,19)/t11-/m0/s1. The average molecular weight is 303 g/mol. The first-order valence-electron chi connectivity index (χ1n) is 7.09. The molecule has 0 saturated carbocycles. The smallest absolute Gasteiger partial charge is 0.257 e. The van der Waals surface area contributed by atoms with Gasteiger partial charge in [0.15, 0.2) is 5.82 Å². The molecule has 1 saturated heterocycles. The number of rotatable bonds is 5. The topological polar surface area (TPSA) is 86.5 Å². The van der Waals surface area contributed by atoms with Crippen LogP contribution >= 0.6 is 0 Å². The van der Waals surface area contributed by atoms with E-state index in [1.54, 1.807) is 7.11 Å². The third kappa shape index (κ3) is 3.25. The van der Waals surface area contributed by atoms with Crippen molar-refractivity contribution in [2.24, 2.45) is 5.92 Å². The number of hydrogen-bond donors (Lipinski definition) is 1. The number of carbonyl (C=O) groups excluding carboxylic acids is 1. The molecule has 2 aromatic rings. The summed E-state index contributed by atoms with van der Waals surface area (Å²) in [6.07, 6.45) is 0.759. The van der Waals surface area contributed by atoms with Crippen molar-refractivity contribution in [1.82, 2.24) is 15.5 Å². The molecular weight excluding hydrogens is 286 g/mol. The molecule has 1 aromatic heterocycles. The van der Waals surface area contributed by atoms with Gasteiger partial charge in [0, 0.05) is 12.2 Å². The second-order valence-corrected chi connectivity index (χ2v) is 5.02. The van der Waals surface area contributed by atoms with Crippen molar-refractivity contribution in [3.8, 4) is 17.2 Å². The molecule has 2 heterocycles. The Balaban J connectivity index is 1.59. The average Bonchev–Trinajstić information content (AvgIpc) is 3.24. The number of aromatic nitrogens is 2. The van der Waals surface area contributed by atoms with Gasteiger partial charge in [-0.1, -0.05) is 5.16 Å². The molecule has 0 unspecified atom stereocenters. The molecule has 116 valence electrons. The van der Waals surface area contributed by atoms with Gasteiger partial charge < -0.3 is 19.3 Å². The monoisotopic (exact) mass is 303 g/mol. The van der Waals surface area contributed by atoms with Gasteiger partial charge in [-0.15, -0.1) is 0 Å². The summed E-state index contributed by atoms with van der Waals surface area (Å²) in [5.74, 6) is 1.50. The molecule has 1 aliphatic heterocycles. The van der Waals surface area contributed by atoms with Crippen molar-refractivity contribution in [3.05, 3.63) is 30.1 Å².